The summed E-state index contributed by atoms with van der Waals surface area (Å²) in [4.78, 5) is 49.2. The standard InChI is InChI=1S/C58H74N2O26/c1-29-43(67)48(72)54(58(79-29)80-36-19-10-32(11-20-36)12-21-40(64)60-25-5-4-24-59-30(2)62)86-57-51(75)53(46(70)39(83-57)28-78-42(66)23-14-33-8-17-35(76-3)18-9-33)85-56-50(74)52(45(69)37(26-61)81-56)84-55-49(73)47(71)44(68)38(82-55)27-77-41(65)22-13-31-6-15-34(63)16-7-31/h6-23,29,37-39,43-58,61,63,67-75H,4-5,24-28H2,1-3H3,(H,59,62)(H,60,64). The molecule has 4 fully saturated rings. The summed E-state index contributed by atoms with van der Waals surface area (Å²) < 4.78 is 63.3. The molecule has 3 aromatic carbocycles. The van der Waals surface area contributed by atoms with Gasteiger partial charge < -0.3 is 119 Å². The molecule has 20 unspecified atom stereocenters. The number of hydrogen-bond acceptors (Lipinski definition) is 26. The Morgan fingerprint density at radius 2 is 0.953 bits per heavy atom. The van der Waals surface area contributed by atoms with Crippen molar-refractivity contribution >= 4 is 42.0 Å². The normalized spacial score (nSPS) is 33.1. The number of carbonyl (C=O) groups excluding carboxylic acids is 4. The summed E-state index contributed by atoms with van der Waals surface area (Å²) in [6.07, 6.45) is -28.2. The first-order valence-corrected chi connectivity index (χ1v) is 27.6. The van der Waals surface area contributed by atoms with Crippen molar-refractivity contribution in [3.05, 3.63) is 108 Å². The maximum atomic E-state index is 13.1. The number of rotatable bonds is 25. The van der Waals surface area contributed by atoms with Gasteiger partial charge in [-0.1, -0.05) is 36.4 Å². The molecule has 7 rings (SSSR count). The lowest BCUT2D eigenvalue weighted by atomic mass is 9.95. The van der Waals surface area contributed by atoms with Crippen LogP contribution in [-0.2, 0) is 61.8 Å². The van der Waals surface area contributed by atoms with Gasteiger partial charge in [0, 0.05) is 38.2 Å². The van der Waals surface area contributed by atoms with E-state index in [4.69, 9.17) is 52.1 Å². The topological polar surface area (TPSA) is 416 Å². The second kappa shape index (κ2) is 31.9. The van der Waals surface area contributed by atoms with Gasteiger partial charge in [0.2, 0.25) is 18.1 Å². The van der Waals surface area contributed by atoms with Crippen LogP contribution < -0.4 is 20.1 Å². The van der Waals surface area contributed by atoms with E-state index in [0.29, 0.717) is 48.4 Å². The molecular weight excluding hydrogens is 1140 g/mol. The van der Waals surface area contributed by atoms with Crippen LogP contribution in [0.2, 0.25) is 0 Å². The molecule has 0 bridgehead atoms. The van der Waals surface area contributed by atoms with E-state index in [1.807, 2.05) is 0 Å². The van der Waals surface area contributed by atoms with Gasteiger partial charge in [-0.3, -0.25) is 9.59 Å². The largest absolute Gasteiger partial charge is 0.508 e. The van der Waals surface area contributed by atoms with Crippen LogP contribution in [0.4, 0.5) is 0 Å². The molecule has 4 saturated heterocycles. The lowest BCUT2D eigenvalue weighted by Gasteiger charge is -2.49. The van der Waals surface area contributed by atoms with Crippen molar-refractivity contribution in [2.75, 3.05) is 40.0 Å². The number of esters is 2. The molecule has 4 aliphatic heterocycles. The number of ether oxygens (including phenoxy) is 11. The highest BCUT2D eigenvalue weighted by atomic mass is 16.8. The molecule has 4 heterocycles. The fourth-order valence-electron chi connectivity index (χ4n) is 9.31. The van der Waals surface area contributed by atoms with Gasteiger partial charge in [-0.15, -0.1) is 0 Å². The molecule has 0 aromatic heterocycles. The lowest BCUT2D eigenvalue weighted by Crippen LogP contribution is -2.67. The van der Waals surface area contributed by atoms with Crippen molar-refractivity contribution in [1.29, 1.82) is 0 Å². The predicted octanol–water partition coefficient (Wildman–Crippen LogP) is -2.35. The summed E-state index contributed by atoms with van der Waals surface area (Å²) >= 11 is 0. The van der Waals surface area contributed by atoms with Gasteiger partial charge >= 0.3 is 11.9 Å². The van der Waals surface area contributed by atoms with Gasteiger partial charge in [0.15, 0.2) is 25.0 Å². The molecule has 472 valence electrons. The zero-order chi connectivity index (χ0) is 62.2. The Bertz CT molecular complexity index is 2730. The predicted molar refractivity (Wildman–Crippen MR) is 294 cm³/mol. The summed E-state index contributed by atoms with van der Waals surface area (Å²) in [5, 5.41) is 128. The second-order valence-corrected chi connectivity index (χ2v) is 20.5. The SMILES string of the molecule is COc1ccc(C=CC(=O)OCC2OC(OC3C(Oc4ccc(C=CC(=O)NCCCCNC(C)=O)cc4)OC(C)C(O)C3O)C(O)C(OC3OC(CO)C(O)C(OC4OC(COC(=O)C=Cc5ccc(O)cc5)C(O)C(O)C4O)C3O)C2O)cc1. The smallest absolute Gasteiger partial charge is 0.330 e. The maximum Gasteiger partial charge on any atom is 0.330 e. The number of benzene rings is 3. The quantitative estimate of drug-likeness (QED) is 0.0240. The monoisotopic (exact) mass is 1210 g/mol. The van der Waals surface area contributed by atoms with Crippen LogP contribution in [0.5, 0.6) is 17.2 Å². The molecule has 20 atom stereocenters. The molecule has 0 spiro atoms. The summed E-state index contributed by atoms with van der Waals surface area (Å²) in [5.74, 6) is -1.67. The zero-order valence-electron chi connectivity index (χ0n) is 46.9. The molecule has 28 nitrogen and oxygen atoms in total. The average Bonchev–Trinajstić information content (AvgIpc) is 1.56. The van der Waals surface area contributed by atoms with Crippen molar-refractivity contribution in [3.63, 3.8) is 0 Å². The molecule has 4 aliphatic rings. The van der Waals surface area contributed by atoms with Gasteiger partial charge in [-0.25, -0.2) is 9.59 Å². The van der Waals surface area contributed by atoms with Crippen molar-refractivity contribution < 1.29 is 127 Å². The van der Waals surface area contributed by atoms with Gasteiger partial charge in [0.1, 0.15) is 116 Å². The van der Waals surface area contributed by atoms with Crippen molar-refractivity contribution in [2.24, 2.45) is 0 Å². The van der Waals surface area contributed by atoms with Crippen LogP contribution in [0.15, 0.2) is 91.0 Å². The lowest BCUT2D eigenvalue weighted by molar-refractivity contribution is -0.390. The molecule has 0 aliphatic carbocycles. The van der Waals surface area contributed by atoms with Gasteiger partial charge in [-0.2, -0.15) is 0 Å². The number of unbranched alkanes of at least 4 members (excludes halogenated alkanes) is 1. The molecule has 2 amide bonds. The van der Waals surface area contributed by atoms with Crippen molar-refractivity contribution in [2.45, 2.75) is 150 Å². The van der Waals surface area contributed by atoms with E-state index in [1.54, 1.807) is 42.5 Å². The van der Waals surface area contributed by atoms with Crippen LogP contribution in [-0.4, -0.2) is 243 Å². The average molecular weight is 1220 g/mol. The Morgan fingerprint density at radius 3 is 1.48 bits per heavy atom. The molecule has 28 heteroatoms. The minimum atomic E-state index is -2.20. The van der Waals surface area contributed by atoms with Crippen molar-refractivity contribution in [3.8, 4) is 17.2 Å². The van der Waals surface area contributed by atoms with E-state index in [9.17, 15) is 75.3 Å². The number of aliphatic hydroxyl groups is 10. The zero-order valence-corrected chi connectivity index (χ0v) is 46.9. The Kier molecular flexibility index (Phi) is 24.9. The van der Waals surface area contributed by atoms with Crippen LogP contribution in [0.25, 0.3) is 18.2 Å². The van der Waals surface area contributed by atoms with Gasteiger partial charge in [0.05, 0.1) is 19.8 Å². The van der Waals surface area contributed by atoms with E-state index in [2.05, 4.69) is 10.6 Å². The Morgan fingerprint density at radius 1 is 0.500 bits per heavy atom. The number of aromatic hydroxyl groups is 1. The van der Waals surface area contributed by atoms with Crippen molar-refractivity contribution in [1.82, 2.24) is 10.6 Å². The van der Waals surface area contributed by atoms with Crippen LogP contribution in [0, 0.1) is 0 Å². The highest BCUT2D eigenvalue weighted by Gasteiger charge is 2.56. The summed E-state index contributed by atoms with van der Waals surface area (Å²) in [7, 11) is 1.48. The maximum absolute atomic E-state index is 13.1. The number of methoxy groups -OCH3 is 1. The number of phenols is 1. The van der Waals surface area contributed by atoms with Gasteiger partial charge in [0.25, 0.3) is 0 Å². The Labute approximate surface area is 493 Å². The Hall–Kier alpha value is -6.52. The summed E-state index contributed by atoms with van der Waals surface area (Å²) in [5.41, 5.74) is 1.68. The van der Waals surface area contributed by atoms with E-state index in [1.165, 1.54) is 75.6 Å². The minimum Gasteiger partial charge on any atom is -0.508 e. The summed E-state index contributed by atoms with van der Waals surface area (Å²) in [6, 6.07) is 18.7. The highest BCUT2D eigenvalue weighted by Crippen LogP contribution is 2.36. The molecular formula is C58H74N2O26. The number of carbonyl (C=O) groups is 4. The minimum absolute atomic E-state index is 0.00723. The fourth-order valence-corrected chi connectivity index (χ4v) is 9.31. The molecule has 86 heavy (non-hydrogen) atoms. The van der Waals surface area contributed by atoms with E-state index < -0.39 is 155 Å². The first-order chi connectivity index (χ1) is 41.1. The van der Waals surface area contributed by atoms with Crippen LogP contribution >= 0.6 is 0 Å². The van der Waals surface area contributed by atoms with Crippen LogP contribution in [0.1, 0.15) is 43.4 Å². The number of phenolic OH excluding ortho intramolecular Hbond substituents is 1. The molecule has 0 saturated carbocycles. The molecule has 13 N–H and O–H groups in total. The number of hydrogen-bond donors (Lipinski definition) is 13. The van der Waals surface area contributed by atoms with Gasteiger partial charge in [-0.05, 0) is 91.1 Å². The highest BCUT2D eigenvalue weighted by molar-refractivity contribution is 5.91. The first kappa shape index (κ1) is 67.0. The number of amides is 2. The third-order valence-corrected chi connectivity index (χ3v) is 14.2. The molecule has 3 aromatic rings. The van der Waals surface area contributed by atoms with E-state index in [0.717, 1.165) is 12.2 Å². The second-order valence-electron chi connectivity index (χ2n) is 20.5. The fraction of sp³-hybridized carbons (Fsp3) is 0.517. The first-order valence-electron chi connectivity index (χ1n) is 27.6. The van der Waals surface area contributed by atoms with Crippen LogP contribution in [0.3, 0.4) is 0 Å². The Balaban J connectivity index is 1.07. The van der Waals surface area contributed by atoms with E-state index >= 15 is 0 Å². The number of aliphatic hydroxyl groups excluding tert-OH is 10. The third-order valence-electron chi connectivity index (χ3n) is 14.2. The third kappa shape index (κ3) is 18.3. The summed E-state index contributed by atoms with van der Waals surface area (Å²) in [6.45, 7) is 1.24. The van der Waals surface area contributed by atoms with E-state index in [-0.39, 0.29) is 23.3 Å². The number of nitrogens with one attached hydrogen (secondary N) is 2. The molecule has 0 radical (unpaired) electrons.